The summed E-state index contributed by atoms with van der Waals surface area (Å²) in [4.78, 5) is 38.5. The molecule has 0 aliphatic heterocycles. The fourth-order valence-corrected chi connectivity index (χ4v) is 5.74. The topological polar surface area (TPSA) is 139 Å². The summed E-state index contributed by atoms with van der Waals surface area (Å²) >= 11 is 3.38. The maximum Gasteiger partial charge on any atom is 0.273 e. The van der Waals surface area contributed by atoms with Crippen molar-refractivity contribution in [3.63, 3.8) is 0 Å². The molecule has 0 aliphatic rings. The van der Waals surface area contributed by atoms with Crippen molar-refractivity contribution in [3.8, 4) is 5.75 Å². The van der Waals surface area contributed by atoms with Gasteiger partial charge in [-0.25, -0.2) is 8.42 Å². The number of aryl methyl sites for hydroxylation is 1. The molecule has 41 heavy (non-hydrogen) atoms. The first-order chi connectivity index (χ1) is 19.4. The van der Waals surface area contributed by atoms with Crippen LogP contribution >= 0.6 is 15.9 Å². The van der Waals surface area contributed by atoms with E-state index in [1.807, 2.05) is 0 Å². The maximum atomic E-state index is 14.0. The molecule has 0 aromatic heterocycles. The highest BCUT2D eigenvalue weighted by Gasteiger charge is 2.33. The molecule has 0 radical (unpaired) electrons. The molecule has 0 bridgehead atoms. The number of sulfonamides is 1. The van der Waals surface area contributed by atoms with E-state index in [0.717, 1.165) is 20.4 Å². The third-order valence-corrected chi connectivity index (χ3v) is 8.69. The van der Waals surface area contributed by atoms with Gasteiger partial charge in [-0.1, -0.05) is 34.1 Å². The number of halogens is 1. The van der Waals surface area contributed by atoms with Gasteiger partial charge in [-0.2, -0.15) is 0 Å². The molecule has 3 aromatic carbocycles. The summed E-state index contributed by atoms with van der Waals surface area (Å²) in [5.74, 6) is -0.580. The highest BCUT2D eigenvalue weighted by Crippen LogP contribution is 2.29. The van der Waals surface area contributed by atoms with E-state index < -0.39 is 39.3 Å². The van der Waals surface area contributed by atoms with Crippen molar-refractivity contribution in [2.24, 2.45) is 0 Å². The predicted molar refractivity (Wildman–Crippen MR) is 158 cm³/mol. The minimum atomic E-state index is -4.48. The summed E-state index contributed by atoms with van der Waals surface area (Å²) < 4.78 is 34.8. The van der Waals surface area contributed by atoms with Gasteiger partial charge in [0.15, 0.2) is 0 Å². The SMILES string of the molecule is CCNC(=O)C(C)N(Cc1ccc(Br)cc1)C(=O)CN(c1ccc(OC)cc1)S(=O)(=O)c1ccc(C)c([N+](=O)[O-])c1. The molecule has 3 aromatic rings. The van der Waals surface area contributed by atoms with E-state index in [1.165, 1.54) is 55.3 Å². The van der Waals surface area contributed by atoms with E-state index in [9.17, 15) is 28.1 Å². The lowest BCUT2D eigenvalue weighted by molar-refractivity contribution is -0.385. The molecule has 2 amide bonds. The Morgan fingerprint density at radius 1 is 1.07 bits per heavy atom. The van der Waals surface area contributed by atoms with Crippen molar-refractivity contribution in [1.82, 2.24) is 10.2 Å². The van der Waals surface area contributed by atoms with E-state index >= 15 is 0 Å². The summed E-state index contributed by atoms with van der Waals surface area (Å²) in [7, 11) is -3.02. The molecule has 0 fully saturated rings. The summed E-state index contributed by atoms with van der Waals surface area (Å²) in [6, 6.07) is 15.8. The molecule has 11 nitrogen and oxygen atoms in total. The van der Waals surface area contributed by atoms with Gasteiger partial charge in [0.05, 0.1) is 22.6 Å². The van der Waals surface area contributed by atoms with Crippen LogP contribution in [0.25, 0.3) is 0 Å². The van der Waals surface area contributed by atoms with Gasteiger partial charge in [-0.05, 0) is 68.8 Å². The molecule has 0 aliphatic carbocycles. The van der Waals surface area contributed by atoms with Crippen molar-refractivity contribution < 1.29 is 27.7 Å². The minimum absolute atomic E-state index is 0.0386. The predicted octanol–water partition coefficient (Wildman–Crippen LogP) is 4.42. The van der Waals surface area contributed by atoms with Crippen molar-refractivity contribution in [2.45, 2.75) is 38.3 Å². The molecule has 0 spiro atoms. The molecule has 0 saturated heterocycles. The number of carbonyl (C=O) groups is 2. The van der Waals surface area contributed by atoms with Crippen LogP contribution in [0.5, 0.6) is 5.75 Å². The Balaban J connectivity index is 2.08. The summed E-state index contributed by atoms with van der Waals surface area (Å²) in [5.41, 5.74) is 0.786. The lowest BCUT2D eigenvalue weighted by Crippen LogP contribution is -2.51. The van der Waals surface area contributed by atoms with Crippen molar-refractivity contribution in [3.05, 3.63) is 92.4 Å². The number of rotatable bonds is 12. The van der Waals surface area contributed by atoms with Crippen LogP contribution < -0.4 is 14.4 Å². The molecular weight excluding hydrogens is 616 g/mol. The molecule has 13 heteroatoms. The lowest BCUT2D eigenvalue weighted by Gasteiger charge is -2.32. The standard InChI is InChI=1S/C28H31BrN4O7S/c1-5-30-28(35)20(3)31(17-21-7-9-22(29)10-8-21)27(34)18-32(23-11-13-24(40-4)14-12-23)41(38,39)25-15-6-19(2)26(16-25)33(36)37/h6-16,20H,5,17-18H2,1-4H3,(H,30,35). The van der Waals surface area contributed by atoms with Crippen molar-refractivity contribution in [1.29, 1.82) is 0 Å². The number of benzene rings is 3. The van der Waals surface area contributed by atoms with Gasteiger partial charge in [0.1, 0.15) is 18.3 Å². The number of nitrogens with zero attached hydrogens (tertiary/aromatic N) is 3. The summed E-state index contributed by atoms with van der Waals surface area (Å²) in [6.45, 7) is 4.54. The van der Waals surface area contributed by atoms with Gasteiger partial charge >= 0.3 is 0 Å². The van der Waals surface area contributed by atoms with Crippen molar-refractivity contribution in [2.75, 3.05) is 24.5 Å². The number of hydrogen-bond donors (Lipinski definition) is 1. The second-order valence-corrected chi connectivity index (χ2v) is 11.9. The van der Waals surface area contributed by atoms with Crippen LogP contribution in [0.15, 0.2) is 76.1 Å². The van der Waals surface area contributed by atoms with E-state index in [2.05, 4.69) is 21.2 Å². The third kappa shape index (κ3) is 7.61. The average molecular weight is 648 g/mol. The fourth-order valence-electron chi connectivity index (χ4n) is 4.04. The zero-order valence-corrected chi connectivity index (χ0v) is 25.4. The van der Waals surface area contributed by atoms with Crippen LogP contribution in [0.2, 0.25) is 0 Å². The molecule has 1 unspecified atom stereocenters. The molecule has 0 heterocycles. The summed E-state index contributed by atoms with van der Waals surface area (Å²) in [6.07, 6.45) is 0. The van der Waals surface area contributed by atoms with Gasteiger partial charge < -0.3 is 15.0 Å². The molecular formula is C28H31BrN4O7S. The first kappa shape index (κ1) is 31.6. The Hall–Kier alpha value is -3.97. The number of anilines is 1. The van der Waals surface area contributed by atoms with E-state index in [-0.39, 0.29) is 28.4 Å². The number of likely N-dealkylation sites (N-methyl/N-ethyl adjacent to an activating group) is 1. The Kier molecular flexibility index (Phi) is 10.5. The van der Waals surface area contributed by atoms with Crippen molar-refractivity contribution >= 4 is 49.1 Å². The Morgan fingerprint density at radius 2 is 1.71 bits per heavy atom. The zero-order chi connectivity index (χ0) is 30.3. The van der Waals surface area contributed by atoms with Gasteiger partial charge in [0, 0.05) is 29.2 Å². The van der Waals surface area contributed by atoms with Crippen LogP contribution in [-0.2, 0) is 26.2 Å². The number of hydrogen-bond acceptors (Lipinski definition) is 7. The highest BCUT2D eigenvalue weighted by atomic mass is 79.9. The minimum Gasteiger partial charge on any atom is -0.497 e. The molecule has 1 N–H and O–H groups in total. The van der Waals surface area contributed by atoms with Crippen LogP contribution in [0.4, 0.5) is 11.4 Å². The molecule has 0 saturated carbocycles. The number of amides is 2. The monoisotopic (exact) mass is 646 g/mol. The highest BCUT2D eigenvalue weighted by molar-refractivity contribution is 9.10. The average Bonchev–Trinajstić information content (AvgIpc) is 2.95. The van der Waals surface area contributed by atoms with Gasteiger partial charge in [0.25, 0.3) is 15.7 Å². The number of nitro benzene ring substituents is 1. The van der Waals surface area contributed by atoms with Gasteiger partial charge in [0.2, 0.25) is 11.8 Å². The number of ether oxygens (including phenoxy) is 1. The van der Waals surface area contributed by atoms with E-state index in [4.69, 9.17) is 4.74 Å². The Labute approximate surface area is 247 Å². The molecule has 218 valence electrons. The van der Waals surface area contributed by atoms with E-state index in [1.54, 1.807) is 38.1 Å². The first-order valence-electron chi connectivity index (χ1n) is 12.6. The molecule has 1 atom stereocenters. The lowest BCUT2D eigenvalue weighted by atomic mass is 10.1. The van der Waals surface area contributed by atoms with Crippen LogP contribution in [0, 0.1) is 17.0 Å². The zero-order valence-electron chi connectivity index (χ0n) is 23.0. The fraction of sp³-hybridized carbons (Fsp3) is 0.286. The van der Waals surface area contributed by atoms with E-state index in [0.29, 0.717) is 12.3 Å². The number of carbonyl (C=O) groups excluding carboxylic acids is 2. The Morgan fingerprint density at radius 3 is 2.27 bits per heavy atom. The summed E-state index contributed by atoms with van der Waals surface area (Å²) in [5, 5.41) is 14.2. The number of nitrogens with one attached hydrogen (secondary N) is 1. The first-order valence-corrected chi connectivity index (χ1v) is 14.9. The van der Waals surface area contributed by atoms with Crippen LogP contribution in [0.3, 0.4) is 0 Å². The largest absolute Gasteiger partial charge is 0.497 e. The quantitative estimate of drug-likeness (QED) is 0.227. The third-order valence-electron chi connectivity index (χ3n) is 6.39. The van der Waals surface area contributed by atoms with Gasteiger partial charge in [-0.15, -0.1) is 0 Å². The molecule has 3 rings (SSSR count). The van der Waals surface area contributed by atoms with Crippen LogP contribution in [0.1, 0.15) is 25.0 Å². The number of methoxy groups -OCH3 is 1. The van der Waals surface area contributed by atoms with Crippen LogP contribution in [-0.4, -0.2) is 56.3 Å². The second-order valence-electron chi connectivity index (χ2n) is 9.13. The smallest absolute Gasteiger partial charge is 0.273 e. The Bertz CT molecular complexity index is 1510. The maximum absolute atomic E-state index is 14.0. The number of nitro groups is 1. The normalized spacial score (nSPS) is 11.8. The second kappa shape index (κ2) is 13.6. The van der Waals surface area contributed by atoms with Gasteiger partial charge in [-0.3, -0.25) is 24.0 Å².